The van der Waals surface area contributed by atoms with Gasteiger partial charge in [0, 0.05) is 0 Å². The summed E-state index contributed by atoms with van der Waals surface area (Å²) in [6.45, 7) is 0. The van der Waals surface area contributed by atoms with Crippen LogP contribution >= 0.6 is 15.9 Å². The number of alkyl halides is 1. The van der Waals surface area contributed by atoms with Gasteiger partial charge in [0.2, 0.25) is 0 Å². The van der Waals surface area contributed by atoms with Gasteiger partial charge in [-0.25, -0.2) is 0 Å². The highest BCUT2D eigenvalue weighted by Gasteiger charge is 2.33. The lowest BCUT2D eigenvalue weighted by molar-refractivity contribution is 0.756. The van der Waals surface area contributed by atoms with E-state index in [1.165, 1.54) is 0 Å². The summed E-state index contributed by atoms with van der Waals surface area (Å²) in [5.74, 6) is -0.391. The summed E-state index contributed by atoms with van der Waals surface area (Å²) >= 11 is 3.20. The van der Waals surface area contributed by atoms with Gasteiger partial charge in [0.05, 0.1) is 18.1 Å². The van der Waals surface area contributed by atoms with E-state index < -0.39 is 10.2 Å². The summed E-state index contributed by atoms with van der Waals surface area (Å²) in [7, 11) is 0. The minimum Gasteiger partial charge on any atom is -0.198 e. The smallest absolute Gasteiger partial charge is 0.149 e. The van der Waals surface area contributed by atoms with Gasteiger partial charge in [-0.3, -0.25) is 0 Å². The van der Waals surface area contributed by atoms with Crippen molar-refractivity contribution in [1.29, 1.82) is 10.5 Å². The molecule has 2 nitrogen and oxygen atoms in total. The van der Waals surface area contributed by atoms with Gasteiger partial charge in [0.25, 0.3) is 0 Å². The van der Waals surface area contributed by atoms with E-state index in [4.69, 9.17) is 10.5 Å². The molecule has 54 valence electrons. The average Bonchev–Trinajstić information content (AvgIpc) is 2.05. The van der Waals surface area contributed by atoms with Crippen LogP contribution in [0.25, 0.3) is 0 Å². The van der Waals surface area contributed by atoms with Crippen LogP contribution < -0.4 is 0 Å². The molecule has 0 fully saturated rings. The molecule has 0 spiro atoms. The van der Waals surface area contributed by atoms with Crippen LogP contribution in [0.4, 0.5) is 0 Å². The molecule has 0 aromatic rings. The van der Waals surface area contributed by atoms with E-state index in [1.807, 2.05) is 12.1 Å². The first-order chi connectivity index (χ1) is 5.23. The maximum atomic E-state index is 8.72. The summed E-state index contributed by atoms with van der Waals surface area (Å²) < 4.78 is -0.823. The van der Waals surface area contributed by atoms with Crippen molar-refractivity contribution >= 4 is 15.9 Å². The molecule has 11 heavy (non-hydrogen) atoms. The first-order valence-electron chi connectivity index (χ1n) is 3.09. The lowest BCUT2D eigenvalue weighted by Gasteiger charge is -2.19. The largest absolute Gasteiger partial charge is 0.198 e. The second kappa shape index (κ2) is 2.90. The Balaban J connectivity index is 3.00. The number of hydrogen-bond donors (Lipinski definition) is 0. The Bertz CT molecular complexity index is 292. The fraction of sp³-hybridized carbons (Fsp3) is 0.250. The normalized spacial score (nSPS) is 34.3. The molecule has 0 aromatic heterocycles. The van der Waals surface area contributed by atoms with Crippen molar-refractivity contribution in [3.8, 4) is 12.1 Å². The Morgan fingerprint density at radius 2 is 2.09 bits per heavy atom. The van der Waals surface area contributed by atoms with Crippen molar-refractivity contribution in [3.05, 3.63) is 24.3 Å². The summed E-state index contributed by atoms with van der Waals surface area (Å²) in [4.78, 5) is 0. The van der Waals surface area contributed by atoms with Crippen molar-refractivity contribution in [2.45, 2.75) is 4.32 Å². The van der Waals surface area contributed by atoms with E-state index in [0.717, 1.165) is 0 Å². The standard InChI is InChI=1S/C8H5BrN2/c9-8(6-11)4-2-1-3-7(8)5-10/h1-4,7H. The fourth-order valence-electron chi connectivity index (χ4n) is 0.858. The minimum atomic E-state index is -0.823. The first kappa shape index (κ1) is 8.04. The molecule has 0 aromatic carbocycles. The summed E-state index contributed by atoms with van der Waals surface area (Å²) in [5, 5.41) is 17.4. The molecule has 2 unspecified atom stereocenters. The maximum Gasteiger partial charge on any atom is 0.149 e. The molecule has 1 aliphatic rings. The second-order valence-electron chi connectivity index (χ2n) is 2.23. The van der Waals surface area contributed by atoms with Crippen LogP contribution in [0.3, 0.4) is 0 Å². The van der Waals surface area contributed by atoms with Gasteiger partial charge in [-0.1, -0.05) is 40.2 Å². The predicted molar refractivity (Wildman–Crippen MR) is 44.7 cm³/mol. The number of nitrogens with zero attached hydrogens (tertiary/aromatic N) is 2. The van der Waals surface area contributed by atoms with Crippen molar-refractivity contribution in [2.24, 2.45) is 5.92 Å². The number of rotatable bonds is 0. The Hall–Kier alpha value is -1.06. The van der Waals surface area contributed by atoms with Crippen molar-refractivity contribution in [3.63, 3.8) is 0 Å². The highest BCUT2D eigenvalue weighted by molar-refractivity contribution is 9.10. The van der Waals surface area contributed by atoms with Gasteiger partial charge >= 0.3 is 0 Å². The van der Waals surface area contributed by atoms with E-state index in [1.54, 1.807) is 24.3 Å². The summed E-state index contributed by atoms with van der Waals surface area (Å²) in [6.07, 6.45) is 6.91. The van der Waals surface area contributed by atoms with Gasteiger partial charge in [0.15, 0.2) is 0 Å². The van der Waals surface area contributed by atoms with Crippen molar-refractivity contribution in [1.82, 2.24) is 0 Å². The van der Waals surface area contributed by atoms with E-state index >= 15 is 0 Å². The van der Waals surface area contributed by atoms with Crippen LogP contribution in [-0.4, -0.2) is 4.32 Å². The van der Waals surface area contributed by atoms with E-state index in [9.17, 15) is 0 Å². The van der Waals surface area contributed by atoms with E-state index in [0.29, 0.717) is 0 Å². The first-order valence-corrected chi connectivity index (χ1v) is 3.88. The third-order valence-corrected chi connectivity index (χ3v) is 2.45. The molecular weight excluding hydrogens is 204 g/mol. The SMILES string of the molecule is N#CC1C=CC=CC1(Br)C#N. The summed E-state index contributed by atoms with van der Waals surface area (Å²) in [5.41, 5.74) is 0. The van der Waals surface area contributed by atoms with Crippen LogP contribution in [0.5, 0.6) is 0 Å². The van der Waals surface area contributed by atoms with Crippen LogP contribution in [0, 0.1) is 28.6 Å². The Morgan fingerprint density at radius 3 is 2.55 bits per heavy atom. The molecule has 0 heterocycles. The molecule has 0 saturated carbocycles. The third kappa shape index (κ3) is 1.34. The molecule has 0 saturated heterocycles. The monoisotopic (exact) mass is 208 g/mol. The number of hydrogen-bond acceptors (Lipinski definition) is 2. The second-order valence-corrected chi connectivity index (χ2v) is 3.54. The Morgan fingerprint density at radius 1 is 1.36 bits per heavy atom. The van der Waals surface area contributed by atoms with E-state index in [2.05, 4.69) is 15.9 Å². The van der Waals surface area contributed by atoms with Crippen LogP contribution in [0.1, 0.15) is 0 Å². The Labute approximate surface area is 73.6 Å². The summed E-state index contributed by atoms with van der Waals surface area (Å²) in [6, 6.07) is 4.08. The molecule has 0 radical (unpaired) electrons. The van der Waals surface area contributed by atoms with Crippen LogP contribution in [-0.2, 0) is 0 Å². The van der Waals surface area contributed by atoms with Gasteiger partial charge in [-0.05, 0) is 0 Å². The van der Waals surface area contributed by atoms with Crippen molar-refractivity contribution < 1.29 is 0 Å². The quantitative estimate of drug-likeness (QED) is 0.572. The van der Waals surface area contributed by atoms with Crippen molar-refractivity contribution in [2.75, 3.05) is 0 Å². The van der Waals surface area contributed by atoms with Crippen LogP contribution in [0.15, 0.2) is 24.3 Å². The zero-order valence-electron chi connectivity index (χ0n) is 5.66. The molecule has 2 atom stereocenters. The number of nitriles is 2. The van der Waals surface area contributed by atoms with Gasteiger partial charge in [-0.15, -0.1) is 0 Å². The lowest BCUT2D eigenvalue weighted by atomic mass is 9.91. The minimum absolute atomic E-state index is 0.391. The molecule has 0 amide bonds. The lowest BCUT2D eigenvalue weighted by Crippen LogP contribution is -2.26. The predicted octanol–water partition coefficient (Wildman–Crippen LogP) is 1.91. The molecule has 1 aliphatic carbocycles. The topological polar surface area (TPSA) is 47.6 Å². The molecule has 0 bridgehead atoms. The zero-order chi connectivity index (χ0) is 8.32. The van der Waals surface area contributed by atoms with Gasteiger partial charge in [-0.2, -0.15) is 10.5 Å². The molecular formula is C8H5BrN2. The van der Waals surface area contributed by atoms with Gasteiger partial charge < -0.3 is 0 Å². The zero-order valence-corrected chi connectivity index (χ0v) is 7.25. The van der Waals surface area contributed by atoms with Crippen LogP contribution in [0.2, 0.25) is 0 Å². The molecule has 3 heteroatoms. The highest BCUT2D eigenvalue weighted by atomic mass is 79.9. The highest BCUT2D eigenvalue weighted by Crippen LogP contribution is 2.31. The number of allylic oxidation sites excluding steroid dienone is 4. The molecule has 0 aliphatic heterocycles. The average molecular weight is 209 g/mol. The molecule has 0 N–H and O–H groups in total. The maximum absolute atomic E-state index is 8.72. The third-order valence-electron chi connectivity index (χ3n) is 1.52. The molecule has 1 rings (SSSR count). The fourth-order valence-corrected chi connectivity index (χ4v) is 1.27. The number of halogens is 1. The van der Waals surface area contributed by atoms with E-state index in [-0.39, 0.29) is 0 Å². The van der Waals surface area contributed by atoms with Gasteiger partial charge in [0.1, 0.15) is 4.32 Å². The Kier molecular flexibility index (Phi) is 2.12.